The number of benzene rings is 1. The zero-order valence-corrected chi connectivity index (χ0v) is 9.72. The number of aliphatic hydroxyl groups excluding tert-OH is 1. The van der Waals surface area contributed by atoms with E-state index >= 15 is 0 Å². The summed E-state index contributed by atoms with van der Waals surface area (Å²) in [5.41, 5.74) is 7.13. The van der Waals surface area contributed by atoms with E-state index in [9.17, 15) is 9.90 Å². The molecule has 1 aliphatic rings. The quantitative estimate of drug-likeness (QED) is 0.789. The summed E-state index contributed by atoms with van der Waals surface area (Å²) in [6.07, 6.45) is 0.172. The first-order chi connectivity index (χ1) is 8.17. The molecule has 1 atom stereocenters. The fourth-order valence-corrected chi connectivity index (χ4v) is 1.92. The molecular weight excluding hydrogens is 220 g/mol. The van der Waals surface area contributed by atoms with Crippen molar-refractivity contribution in [2.45, 2.75) is 19.4 Å². The van der Waals surface area contributed by atoms with E-state index in [4.69, 9.17) is 10.5 Å². The minimum absolute atomic E-state index is 0.232. The fourth-order valence-electron chi connectivity index (χ4n) is 1.92. The second kappa shape index (κ2) is 4.73. The van der Waals surface area contributed by atoms with Crippen LogP contribution < -0.4 is 15.4 Å². The Hall–Kier alpha value is -1.59. The first-order valence-corrected chi connectivity index (χ1v) is 5.59. The molecule has 1 aliphatic heterocycles. The van der Waals surface area contributed by atoms with E-state index in [-0.39, 0.29) is 12.6 Å². The number of rotatable bonds is 3. The van der Waals surface area contributed by atoms with E-state index in [1.54, 1.807) is 6.92 Å². The average Bonchev–Trinajstić information content (AvgIpc) is 2.32. The van der Waals surface area contributed by atoms with Crippen LogP contribution in [0.25, 0.3) is 0 Å². The second-order valence-corrected chi connectivity index (χ2v) is 4.01. The highest BCUT2D eigenvalue weighted by molar-refractivity contribution is 5.99. The van der Waals surface area contributed by atoms with Crippen molar-refractivity contribution in [3.8, 4) is 5.75 Å². The Bertz CT molecular complexity index is 434. The third-order valence-corrected chi connectivity index (χ3v) is 2.81. The molecule has 17 heavy (non-hydrogen) atoms. The van der Waals surface area contributed by atoms with Crippen LogP contribution in [-0.4, -0.2) is 30.4 Å². The van der Waals surface area contributed by atoms with E-state index in [2.05, 4.69) is 0 Å². The molecular formula is C12H16N2O3. The van der Waals surface area contributed by atoms with Gasteiger partial charge >= 0.3 is 0 Å². The smallest absolute Gasteiger partial charge is 0.269 e. The molecule has 0 aliphatic carbocycles. The van der Waals surface area contributed by atoms with Crippen LogP contribution in [0.3, 0.4) is 0 Å². The van der Waals surface area contributed by atoms with Gasteiger partial charge in [0.15, 0.2) is 6.10 Å². The van der Waals surface area contributed by atoms with Crippen molar-refractivity contribution < 1.29 is 14.6 Å². The third kappa shape index (κ3) is 2.11. The largest absolute Gasteiger partial charge is 0.479 e. The van der Waals surface area contributed by atoms with Gasteiger partial charge in [-0.05, 0) is 37.6 Å². The number of fused-ring (bicyclic) bond motifs is 1. The average molecular weight is 236 g/mol. The zero-order chi connectivity index (χ0) is 12.4. The molecule has 1 aromatic rings. The lowest BCUT2D eigenvalue weighted by atomic mass is 10.1. The van der Waals surface area contributed by atoms with Gasteiger partial charge in [-0.25, -0.2) is 0 Å². The number of amides is 1. The molecule has 5 heteroatoms. The molecule has 1 aromatic carbocycles. The van der Waals surface area contributed by atoms with Crippen LogP contribution in [0, 0.1) is 0 Å². The normalized spacial score (nSPS) is 18.9. The van der Waals surface area contributed by atoms with Crippen molar-refractivity contribution in [1.82, 2.24) is 0 Å². The van der Waals surface area contributed by atoms with Crippen LogP contribution in [0.5, 0.6) is 5.75 Å². The summed E-state index contributed by atoms with van der Waals surface area (Å²) in [7, 11) is 0. The number of anilines is 1. The van der Waals surface area contributed by atoms with Gasteiger partial charge in [-0.3, -0.25) is 9.69 Å². The van der Waals surface area contributed by atoms with E-state index < -0.39 is 6.10 Å². The Morgan fingerprint density at radius 1 is 1.53 bits per heavy atom. The summed E-state index contributed by atoms with van der Waals surface area (Å²) in [6, 6.07) is 5.57. The summed E-state index contributed by atoms with van der Waals surface area (Å²) in [5.74, 6) is 0.386. The lowest BCUT2D eigenvalue weighted by Crippen LogP contribution is -2.44. The Labute approximate surface area is 99.8 Å². The summed E-state index contributed by atoms with van der Waals surface area (Å²) >= 11 is 0. The Kier molecular flexibility index (Phi) is 3.31. The highest BCUT2D eigenvalue weighted by Gasteiger charge is 2.30. The van der Waals surface area contributed by atoms with Crippen LogP contribution in [0.15, 0.2) is 18.2 Å². The molecule has 0 spiro atoms. The predicted molar refractivity (Wildman–Crippen MR) is 63.9 cm³/mol. The van der Waals surface area contributed by atoms with E-state index in [1.807, 2.05) is 18.2 Å². The van der Waals surface area contributed by atoms with Crippen molar-refractivity contribution in [3.05, 3.63) is 23.8 Å². The number of nitrogens with two attached hydrogens (primary N) is 1. The van der Waals surface area contributed by atoms with Gasteiger partial charge in [-0.2, -0.15) is 0 Å². The summed E-state index contributed by atoms with van der Waals surface area (Å²) < 4.78 is 5.48. The summed E-state index contributed by atoms with van der Waals surface area (Å²) in [5, 5.41) is 9.27. The molecule has 2 rings (SSSR count). The third-order valence-electron chi connectivity index (χ3n) is 2.81. The molecule has 0 saturated carbocycles. The molecule has 3 N–H and O–H groups in total. The van der Waals surface area contributed by atoms with Crippen LogP contribution in [0.4, 0.5) is 5.69 Å². The topological polar surface area (TPSA) is 75.8 Å². The van der Waals surface area contributed by atoms with Gasteiger partial charge in [0, 0.05) is 0 Å². The standard InChI is InChI=1S/C12H16N2O3/c1-8-12(16)14(7-15)10-6-9(4-5-13)2-3-11(10)17-8/h2-3,6,8,15H,4-5,7,13H2,1H3. The van der Waals surface area contributed by atoms with E-state index in [1.165, 1.54) is 4.90 Å². The van der Waals surface area contributed by atoms with E-state index in [0.717, 1.165) is 12.0 Å². The van der Waals surface area contributed by atoms with Crippen molar-refractivity contribution in [3.63, 3.8) is 0 Å². The first kappa shape index (κ1) is 11.9. The predicted octanol–water partition coefficient (Wildman–Crippen LogP) is 0.252. The minimum atomic E-state index is -0.560. The minimum Gasteiger partial charge on any atom is -0.479 e. The Morgan fingerprint density at radius 2 is 2.29 bits per heavy atom. The van der Waals surface area contributed by atoms with Crippen LogP contribution >= 0.6 is 0 Å². The maximum absolute atomic E-state index is 11.8. The van der Waals surface area contributed by atoms with Crippen molar-refractivity contribution >= 4 is 11.6 Å². The molecule has 0 radical (unpaired) electrons. The molecule has 5 nitrogen and oxygen atoms in total. The monoisotopic (exact) mass is 236 g/mol. The van der Waals surface area contributed by atoms with Crippen LogP contribution in [0.2, 0.25) is 0 Å². The maximum atomic E-state index is 11.8. The number of nitrogens with zero attached hydrogens (tertiary/aromatic N) is 1. The lowest BCUT2D eigenvalue weighted by molar-refractivity contribution is -0.126. The molecule has 0 saturated heterocycles. The molecule has 1 amide bonds. The van der Waals surface area contributed by atoms with Gasteiger partial charge in [-0.1, -0.05) is 6.07 Å². The zero-order valence-electron chi connectivity index (χ0n) is 9.72. The van der Waals surface area contributed by atoms with Gasteiger partial charge in [0.1, 0.15) is 12.5 Å². The van der Waals surface area contributed by atoms with Crippen molar-refractivity contribution in [2.75, 3.05) is 18.2 Å². The van der Waals surface area contributed by atoms with Gasteiger partial charge < -0.3 is 15.6 Å². The van der Waals surface area contributed by atoms with Gasteiger partial charge in [-0.15, -0.1) is 0 Å². The number of carbonyl (C=O) groups excluding carboxylic acids is 1. The fraction of sp³-hybridized carbons (Fsp3) is 0.417. The van der Waals surface area contributed by atoms with Crippen molar-refractivity contribution in [1.29, 1.82) is 0 Å². The number of carbonyl (C=O) groups is 1. The highest BCUT2D eigenvalue weighted by Crippen LogP contribution is 2.34. The summed E-state index contributed by atoms with van der Waals surface area (Å²) in [4.78, 5) is 13.1. The maximum Gasteiger partial charge on any atom is 0.269 e. The second-order valence-electron chi connectivity index (χ2n) is 4.01. The number of ether oxygens (including phenoxy) is 1. The molecule has 0 aromatic heterocycles. The van der Waals surface area contributed by atoms with Crippen LogP contribution in [-0.2, 0) is 11.2 Å². The molecule has 0 bridgehead atoms. The number of hydrogen-bond donors (Lipinski definition) is 2. The lowest BCUT2D eigenvalue weighted by Gasteiger charge is -2.31. The number of aliphatic hydroxyl groups is 1. The molecule has 92 valence electrons. The number of hydrogen-bond acceptors (Lipinski definition) is 4. The molecule has 1 heterocycles. The molecule has 1 unspecified atom stereocenters. The Balaban J connectivity index is 2.41. The van der Waals surface area contributed by atoms with Crippen molar-refractivity contribution in [2.24, 2.45) is 5.73 Å². The summed E-state index contributed by atoms with van der Waals surface area (Å²) in [6.45, 7) is 1.87. The Morgan fingerprint density at radius 3 is 2.94 bits per heavy atom. The van der Waals surface area contributed by atoms with Gasteiger partial charge in [0.25, 0.3) is 5.91 Å². The van der Waals surface area contributed by atoms with E-state index in [0.29, 0.717) is 18.0 Å². The van der Waals surface area contributed by atoms with Gasteiger partial charge in [0.05, 0.1) is 5.69 Å². The first-order valence-electron chi connectivity index (χ1n) is 5.59. The van der Waals surface area contributed by atoms with Gasteiger partial charge in [0.2, 0.25) is 0 Å². The SMILES string of the molecule is CC1Oc2ccc(CCN)cc2N(CO)C1=O. The highest BCUT2D eigenvalue weighted by atomic mass is 16.5. The molecule has 0 fully saturated rings. The van der Waals surface area contributed by atoms with Crippen LogP contribution in [0.1, 0.15) is 12.5 Å².